The minimum absolute atomic E-state index is 0.0808. The van der Waals surface area contributed by atoms with Crippen molar-refractivity contribution < 1.29 is 17.6 Å². The number of fused-ring (bicyclic) bond motifs is 1. The van der Waals surface area contributed by atoms with Gasteiger partial charge < -0.3 is 4.90 Å². The Kier molecular flexibility index (Phi) is 4.18. The summed E-state index contributed by atoms with van der Waals surface area (Å²) in [5.74, 6) is -0.576. The first-order chi connectivity index (χ1) is 11.5. The summed E-state index contributed by atoms with van der Waals surface area (Å²) in [5.41, 5.74) is 3.70. The van der Waals surface area contributed by atoms with Crippen LogP contribution < -0.4 is 5.43 Å². The van der Waals surface area contributed by atoms with Gasteiger partial charge >= 0.3 is 6.18 Å². The number of hydrogen-bond acceptors (Lipinski definition) is 3. The zero-order chi connectivity index (χ0) is 18.6. The van der Waals surface area contributed by atoms with Gasteiger partial charge in [0.25, 0.3) is 0 Å². The van der Waals surface area contributed by atoms with Crippen LogP contribution in [-0.2, 0) is 0 Å². The van der Waals surface area contributed by atoms with Crippen molar-refractivity contribution >= 4 is 17.3 Å². The second-order valence-electron chi connectivity index (χ2n) is 7.10. The average molecular weight is 376 g/mol. The number of benzene rings is 1. The summed E-state index contributed by atoms with van der Waals surface area (Å²) in [7, 11) is 0. The maximum absolute atomic E-state index is 13.6. The first-order valence-electron chi connectivity index (χ1n) is 7.75. The van der Waals surface area contributed by atoms with Crippen LogP contribution in [0.5, 0.6) is 0 Å². The topological polar surface area (TPSA) is 18.5 Å². The zero-order valence-corrected chi connectivity index (χ0v) is 14.7. The maximum Gasteiger partial charge on any atom is 0.412 e. The maximum atomic E-state index is 13.6. The molecular formula is C17H18ClF4N3. The van der Waals surface area contributed by atoms with Gasteiger partial charge in [0.1, 0.15) is 5.82 Å². The summed E-state index contributed by atoms with van der Waals surface area (Å²) >= 11 is 5.78. The van der Waals surface area contributed by atoms with Gasteiger partial charge in [0.15, 0.2) is 6.04 Å². The first kappa shape index (κ1) is 17.9. The van der Waals surface area contributed by atoms with Gasteiger partial charge in [-0.25, -0.2) is 4.39 Å². The van der Waals surface area contributed by atoms with E-state index in [1.807, 2.05) is 20.8 Å². The molecule has 2 aliphatic rings. The van der Waals surface area contributed by atoms with Gasteiger partial charge in [-0.15, -0.1) is 0 Å². The molecule has 2 heterocycles. The minimum Gasteiger partial charge on any atom is -0.368 e. The van der Waals surface area contributed by atoms with E-state index in [1.165, 1.54) is 18.2 Å². The standard InChI is InChI=1S/C17H18ClF4N3/c1-16(2,3)24-8-11-7-14(10-4-5-13(19)12(18)6-10)23-25(11)15(9-24)17(20,21)22/h4-8,15,23H,9H2,1-3H3. The molecule has 0 saturated heterocycles. The normalized spacial score (nSPS) is 20.9. The Balaban J connectivity index is 1.99. The molecule has 1 N–H and O–H groups in total. The van der Waals surface area contributed by atoms with Crippen LogP contribution in [0.4, 0.5) is 17.6 Å². The van der Waals surface area contributed by atoms with Gasteiger partial charge in [0.05, 0.1) is 16.4 Å². The summed E-state index contributed by atoms with van der Waals surface area (Å²) in [4.78, 5) is 1.68. The fraction of sp³-hybridized carbons (Fsp3) is 0.412. The lowest BCUT2D eigenvalue weighted by molar-refractivity contribution is -0.191. The minimum atomic E-state index is -4.40. The second kappa shape index (κ2) is 5.83. The van der Waals surface area contributed by atoms with Gasteiger partial charge in [-0.3, -0.25) is 10.4 Å². The Morgan fingerprint density at radius 3 is 2.44 bits per heavy atom. The molecule has 25 heavy (non-hydrogen) atoms. The SMILES string of the molecule is CC(C)(C)N1C=C2C=C(c3ccc(F)c(Cl)c3)NN2C(C(F)(F)F)C1. The predicted octanol–water partition coefficient (Wildman–Crippen LogP) is 4.53. The molecule has 0 fully saturated rings. The van der Waals surface area contributed by atoms with Crippen LogP contribution in [0.1, 0.15) is 26.3 Å². The smallest absolute Gasteiger partial charge is 0.368 e. The average Bonchev–Trinajstić information content (AvgIpc) is 2.90. The lowest BCUT2D eigenvalue weighted by Crippen LogP contribution is -2.59. The molecule has 8 heteroatoms. The van der Waals surface area contributed by atoms with E-state index in [9.17, 15) is 17.6 Å². The van der Waals surface area contributed by atoms with Gasteiger partial charge in [-0.05, 0) is 45.0 Å². The van der Waals surface area contributed by atoms with Crippen LogP contribution in [0.3, 0.4) is 0 Å². The van der Waals surface area contributed by atoms with Crippen LogP contribution in [0.2, 0.25) is 5.02 Å². The highest BCUT2D eigenvalue weighted by molar-refractivity contribution is 6.30. The molecule has 0 saturated carbocycles. The molecule has 3 nitrogen and oxygen atoms in total. The van der Waals surface area contributed by atoms with Crippen molar-refractivity contribution in [2.24, 2.45) is 0 Å². The summed E-state index contributed by atoms with van der Waals surface area (Å²) in [6.45, 7) is 5.40. The molecule has 1 aromatic rings. The highest BCUT2D eigenvalue weighted by atomic mass is 35.5. The first-order valence-corrected chi connectivity index (χ1v) is 8.13. The predicted molar refractivity (Wildman–Crippen MR) is 88.7 cm³/mol. The fourth-order valence-electron chi connectivity index (χ4n) is 2.81. The van der Waals surface area contributed by atoms with Crippen molar-refractivity contribution in [1.29, 1.82) is 0 Å². The molecular weight excluding hydrogens is 358 g/mol. The van der Waals surface area contributed by atoms with E-state index >= 15 is 0 Å². The lowest BCUT2D eigenvalue weighted by Gasteiger charge is -2.45. The Morgan fingerprint density at radius 1 is 1.20 bits per heavy atom. The van der Waals surface area contributed by atoms with E-state index in [-0.39, 0.29) is 11.6 Å². The van der Waals surface area contributed by atoms with Crippen molar-refractivity contribution in [3.63, 3.8) is 0 Å². The van der Waals surface area contributed by atoms with Gasteiger partial charge in [0, 0.05) is 23.8 Å². The Hall–Kier alpha value is -1.89. The van der Waals surface area contributed by atoms with Crippen LogP contribution >= 0.6 is 11.6 Å². The van der Waals surface area contributed by atoms with Crippen molar-refractivity contribution in [3.05, 3.63) is 52.6 Å². The molecule has 1 unspecified atom stereocenters. The van der Waals surface area contributed by atoms with E-state index in [1.54, 1.807) is 17.2 Å². The third-order valence-electron chi connectivity index (χ3n) is 4.25. The molecule has 0 spiro atoms. The summed E-state index contributed by atoms with van der Waals surface area (Å²) < 4.78 is 54.0. The monoisotopic (exact) mass is 375 g/mol. The number of nitrogens with zero attached hydrogens (tertiary/aromatic N) is 2. The number of rotatable bonds is 1. The van der Waals surface area contributed by atoms with Gasteiger partial charge in [-0.1, -0.05) is 11.6 Å². The number of alkyl halides is 3. The molecule has 1 atom stereocenters. The number of hydrazine groups is 1. The van der Waals surface area contributed by atoms with Gasteiger partial charge in [-0.2, -0.15) is 13.2 Å². The Bertz CT molecular complexity index is 749. The molecule has 1 aromatic carbocycles. The van der Waals surface area contributed by atoms with Crippen LogP contribution in [-0.4, -0.2) is 34.2 Å². The van der Waals surface area contributed by atoms with Crippen LogP contribution in [0, 0.1) is 5.82 Å². The number of nitrogens with one attached hydrogen (secondary N) is 1. The van der Waals surface area contributed by atoms with E-state index in [2.05, 4.69) is 5.43 Å². The Morgan fingerprint density at radius 2 is 1.88 bits per heavy atom. The van der Waals surface area contributed by atoms with Crippen LogP contribution in [0.15, 0.2) is 36.2 Å². The molecule has 0 radical (unpaired) electrons. The molecule has 136 valence electrons. The quantitative estimate of drug-likeness (QED) is 0.728. The molecule has 0 aromatic heterocycles. The van der Waals surface area contributed by atoms with E-state index in [0.29, 0.717) is 17.0 Å². The summed E-state index contributed by atoms with van der Waals surface area (Å²) in [6, 6.07) is 2.35. The van der Waals surface area contributed by atoms with Crippen molar-refractivity contribution in [2.75, 3.05) is 6.54 Å². The van der Waals surface area contributed by atoms with E-state index in [4.69, 9.17) is 11.6 Å². The highest BCUT2D eigenvalue weighted by Crippen LogP contribution is 2.37. The largest absolute Gasteiger partial charge is 0.412 e. The summed E-state index contributed by atoms with van der Waals surface area (Å²) in [5, 5.41) is 1.03. The lowest BCUT2D eigenvalue weighted by atomic mass is 10.0. The van der Waals surface area contributed by atoms with Gasteiger partial charge in [0.2, 0.25) is 0 Å². The number of allylic oxidation sites excluding steroid dienone is 1. The molecule has 0 amide bonds. The fourth-order valence-corrected chi connectivity index (χ4v) is 2.99. The van der Waals surface area contributed by atoms with Crippen molar-refractivity contribution in [1.82, 2.24) is 15.3 Å². The molecule has 0 aliphatic carbocycles. The van der Waals surface area contributed by atoms with E-state index in [0.717, 1.165) is 5.01 Å². The third kappa shape index (κ3) is 3.42. The van der Waals surface area contributed by atoms with Crippen molar-refractivity contribution in [2.45, 2.75) is 38.5 Å². The van der Waals surface area contributed by atoms with Crippen LogP contribution in [0.25, 0.3) is 5.70 Å². The zero-order valence-electron chi connectivity index (χ0n) is 14.0. The second-order valence-corrected chi connectivity index (χ2v) is 7.51. The Labute approximate surface area is 148 Å². The number of halogens is 5. The summed E-state index contributed by atoms with van der Waals surface area (Å²) in [6.07, 6.45) is -1.09. The molecule has 3 rings (SSSR count). The van der Waals surface area contributed by atoms with E-state index < -0.39 is 23.6 Å². The molecule has 2 aliphatic heterocycles. The highest BCUT2D eigenvalue weighted by Gasteiger charge is 2.49. The molecule has 0 bridgehead atoms. The third-order valence-corrected chi connectivity index (χ3v) is 4.54. The van der Waals surface area contributed by atoms with Crippen molar-refractivity contribution in [3.8, 4) is 0 Å². The number of hydrogen-bond donors (Lipinski definition) is 1.